The van der Waals surface area contributed by atoms with Crippen LogP contribution < -0.4 is 0 Å². The molecule has 0 unspecified atom stereocenters. The SMILES string of the molecule is C=C(C)[C@@H]1OC(=O)C=C1OC. The summed E-state index contributed by atoms with van der Waals surface area (Å²) in [5, 5.41) is 0. The van der Waals surface area contributed by atoms with Crippen molar-refractivity contribution in [2.75, 3.05) is 7.11 Å². The minimum atomic E-state index is -0.382. The van der Waals surface area contributed by atoms with Crippen molar-refractivity contribution >= 4 is 5.97 Å². The van der Waals surface area contributed by atoms with Crippen molar-refractivity contribution in [2.24, 2.45) is 0 Å². The van der Waals surface area contributed by atoms with Crippen molar-refractivity contribution in [3.8, 4) is 0 Å². The highest BCUT2D eigenvalue weighted by Gasteiger charge is 2.27. The van der Waals surface area contributed by atoms with Crippen molar-refractivity contribution in [1.29, 1.82) is 0 Å². The average molecular weight is 154 g/mol. The van der Waals surface area contributed by atoms with Crippen LogP contribution in [0, 0.1) is 0 Å². The van der Waals surface area contributed by atoms with Crippen molar-refractivity contribution in [3.05, 3.63) is 24.0 Å². The number of carbonyl (C=O) groups excluding carboxylic acids is 1. The minimum Gasteiger partial charge on any atom is -0.496 e. The van der Waals surface area contributed by atoms with Crippen LogP contribution in [-0.2, 0) is 14.3 Å². The summed E-state index contributed by atoms with van der Waals surface area (Å²) in [6.45, 7) is 5.46. The highest BCUT2D eigenvalue weighted by Crippen LogP contribution is 2.21. The average Bonchev–Trinajstić information content (AvgIpc) is 2.30. The molecule has 0 spiro atoms. The third-order valence-electron chi connectivity index (χ3n) is 1.44. The molecule has 0 N–H and O–H groups in total. The Morgan fingerprint density at radius 3 is 2.82 bits per heavy atom. The van der Waals surface area contributed by atoms with Crippen LogP contribution in [0.25, 0.3) is 0 Å². The molecule has 0 aromatic carbocycles. The van der Waals surface area contributed by atoms with Gasteiger partial charge in [0.15, 0.2) is 6.10 Å². The third kappa shape index (κ3) is 1.42. The van der Waals surface area contributed by atoms with E-state index in [2.05, 4.69) is 6.58 Å². The Hall–Kier alpha value is -1.25. The quantitative estimate of drug-likeness (QED) is 0.440. The molecule has 0 saturated carbocycles. The summed E-state index contributed by atoms with van der Waals surface area (Å²) in [6.07, 6.45) is 0.951. The maximum absolute atomic E-state index is 10.7. The maximum Gasteiger partial charge on any atom is 0.335 e. The highest BCUT2D eigenvalue weighted by atomic mass is 16.6. The smallest absolute Gasteiger partial charge is 0.335 e. The monoisotopic (exact) mass is 154 g/mol. The molecule has 0 aliphatic carbocycles. The second-order valence-electron chi connectivity index (χ2n) is 2.41. The number of hydrogen-bond acceptors (Lipinski definition) is 3. The molecule has 3 nitrogen and oxygen atoms in total. The fourth-order valence-electron chi connectivity index (χ4n) is 0.909. The van der Waals surface area contributed by atoms with Gasteiger partial charge >= 0.3 is 5.97 Å². The van der Waals surface area contributed by atoms with Crippen molar-refractivity contribution in [1.82, 2.24) is 0 Å². The standard InChI is InChI=1S/C8H10O3/c1-5(2)8-6(10-3)4-7(9)11-8/h4,8H,1H2,2-3H3/t8-/m0/s1. The van der Waals surface area contributed by atoms with Crippen LogP contribution in [-0.4, -0.2) is 19.2 Å². The van der Waals surface area contributed by atoms with Gasteiger partial charge < -0.3 is 9.47 Å². The zero-order valence-electron chi connectivity index (χ0n) is 6.59. The maximum atomic E-state index is 10.7. The largest absolute Gasteiger partial charge is 0.496 e. The Labute approximate surface area is 65.3 Å². The lowest BCUT2D eigenvalue weighted by Crippen LogP contribution is -2.13. The molecule has 1 rings (SSSR count). The van der Waals surface area contributed by atoms with E-state index in [4.69, 9.17) is 9.47 Å². The normalized spacial score (nSPS) is 22.5. The second kappa shape index (κ2) is 2.78. The third-order valence-corrected chi connectivity index (χ3v) is 1.44. The molecule has 1 heterocycles. The lowest BCUT2D eigenvalue weighted by molar-refractivity contribution is -0.138. The summed E-state index contributed by atoms with van der Waals surface area (Å²) in [4.78, 5) is 10.7. The van der Waals surface area contributed by atoms with Gasteiger partial charge in [0.1, 0.15) is 5.76 Å². The van der Waals surface area contributed by atoms with Gasteiger partial charge in [-0.3, -0.25) is 0 Å². The summed E-state index contributed by atoms with van der Waals surface area (Å²) < 4.78 is 9.78. The van der Waals surface area contributed by atoms with Crippen LogP contribution in [0.15, 0.2) is 24.0 Å². The van der Waals surface area contributed by atoms with Crippen LogP contribution in [0.2, 0.25) is 0 Å². The Morgan fingerprint density at radius 1 is 1.82 bits per heavy atom. The number of esters is 1. The van der Waals surface area contributed by atoms with Crippen LogP contribution in [0.5, 0.6) is 0 Å². The Bertz CT molecular complexity index is 227. The van der Waals surface area contributed by atoms with Gasteiger partial charge in [-0.25, -0.2) is 4.79 Å². The molecule has 1 aliphatic rings. The summed E-state index contributed by atoms with van der Waals surface area (Å²) in [5.41, 5.74) is 0.768. The first-order chi connectivity index (χ1) is 5.15. The van der Waals surface area contributed by atoms with Gasteiger partial charge in [-0.05, 0) is 12.5 Å². The molecule has 0 radical (unpaired) electrons. The van der Waals surface area contributed by atoms with Crippen LogP contribution >= 0.6 is 0 Å². The molecule has 0 bridgehead atoms. The van der Waals surface area contributed by atoms with Crippen molar-refractivity contribution in [2.45, 2.75) is 13.0 Å². The molecule has 0 aromatic heterocycles. The molecule has 1 aliphatic heterocycles. The summed E-state index contributed by atoms with van der Waals surface area (Å²) in [6, 6.07) is 0. The summed E-state index contributed by atoms with van der Waals surface area (Å²) in [7, 11) is 1.50. The van der Waals surface area contributed by atoms with E-state index in [-0.39, 0.29) is 12.1 Å². The second-order valence-corrected chi connectivity index (χ2v) is 2.41. The zero-order chi connectivity index (χ0) is 8.43. The lowest BCUT2D eigenvalue weighted by atomic mass is 10.2. The van der Waals surface area contributed by atoms with Gasteiger partial charge in [-0.15, -0.1) is 0 Å². The van der Waals surface area contributed by atoms with Gasteiger partial charge in [0.05, 0.1) is 13.2 Å². The Morgan fingerprint density at radius 2 is 2.45 bits per heavy atom. The molecule has 0 saturated heterocycles. The number of carbonyl (C=O) groups is 1. The predicted octanol–water partition coefficient (Wildman–Crippen LogP) is 1.02. The van der Waals surface area contributed by atoms with Gasteiger partial charge in [0.25, 0.3) is 0 Å². The van der Waals surface area contributed by atoms with Crippen LogP contribution in [0.4, 0.5) is 0 Å². The topological polar surface area (TPSA) is 35.5 Å². The molecule has 0 amide bonds. The van der Waals surface area contributed by atoms with E-state index in [1.165, 1.54) is 13.2 Å². The fraction of sp³-hybridized carbons (Fsp3) is 0.375. The number of ether oxygens (including phenoxy) is 2. The molecule has 60 valence electrons. The number of rotatable bonds is 2. The van der Waals surface area contributed by atoms with Crippen molar-refractivity contribution in [3.63, 3.8) is 0 Å². The predicted molar refractivity (Wildman–Crippen MR) is 39.8 cm³/mol. The Kier molecular flexibility index (Phi) is 1.98. The summed E-state index contributed by atoms with van der Waals surface area (Å²) >= 11 is 0. The summed E-state index contributed by atoms with van der Waals surface area (Å²) in [5.74, 6) is 0.164. The molecule has 1 atom stereocenters. The van der Waals surface area contributed by atoms with Gasteiger partial charge in [-0.1, -0.05) is 6.58 Å². The van der Waals surface area contributed by atoms with E-state index in [1.807, 2.05) is 0 Å². The number of cyclic esters (lactones) is 1. The van der Waals surface area contributed by atoms with Gasteiger partial charge in [0.2, 0.25) is 0 Å². The number of hydrogen-bond donors (Lipinski definition) is 0. The number of methoxy groups -OCH3 is 1. The minimum absolute atomic E-state index is 0.366. The van der Waals surface area contributed by atoms with Gasteiger partial charge in [0, 0.05) is 0 Å². The van der Waals surface area contributed by atoms with Gasteiger partial charge in [-0.2, -0.15) is 0 Å². The van der Waals surface area contributed by atoms with Crippen molar-refractivity contribution < 1.29 is 14.3 Å². The molecule has 0 fully saturated rings. The molecule has 11 heavy (non-hydrogen) atoms. The molecule has 0 aromatic rings. The van der Waals surface area contributed by atoms with Crippen LogP contribution in [0.3, 0.4) is 0 Å². The Balaban J connectivity index is 2.79. The van der Waals surface area contributed by atoms with E-state index in [1.54, 1.807) is 6.92 Å². The highest BCUT2D eigenvalue weighted by molar-refractivity contribution is 5.85. The van der Waals surface area contributed by atoms with E-state index >= 15 is 0 Å². The first-order valence-corrected chi connectivity index (χ1v) is 3.26. The molecular weight excluding hydrogens is 144 g/mol. The van der Waals surface area contributed by atoms with E-state index in [0.717, 1.165) is 5.57 Å². The first-order valence-electron chi connectivity index (χ1n) is 3.26. The first kappa shape index (κ1) is 7.85. The fourth-order valence-corrected chi connectivity index (χ4v) is 0.909. The molecular formula is C8H10O3. The van der Waals surface area contributed by atoms with E-state index in [9.17, 15) is 4.79 Å². The lowest BCUT2D eigenvalue weighted by Gasteiger charge is -2.11. The van der Waals surface area contributed by atoms with E-state index < -0.39 is 0 Å². The molecule has 3 heteroatoms. The van der Waals surface area contributed by atoms with E-state index in [0.29, 0.717) is 5.76 Å². The zero-order valence-corrected chi connectivity index (χ0v) is 6.59. The van der Waals surface area contributed by atoms with Crippen LogP contribution in [0.1, 0.15) is 6.92 Å².